The number of hydrogen-bond acceptors (Lipinski definition) is 2. The summed E-state index contributed by atoms with van der Waals surface area (Å²) in [5.41, 5.74) is 1.13. The zero-order valence-corrected chi connectivity index (χ0v) is 10.1. The molecule has 3 heteroatoms. The highest BCUT2D eigenvalue weighted by atomic mass is 79.9. The van der Waals surface area contributed by atoms with Crippen LogP contribution < -0.4 is 0 Å². The summed E-state index contributed by atoms with van der Waals surface area (Å²) in [7, 11) is 0. The first kappa shape index (κ1) is 9.41. The number of carbonyl (C=O) groups is 1. The Balaban J connectivity index is 2.46. The van der Waals surface area contributed by atoms with Gasteiger partial charge in [-0.15, -0.1) is 11.3 Å². The fourth-order valence-corrected chi connectivity index (χ4v) is 3.79. The van der Waals surface area contributed by atoms with E-state index in [4.69, 9.17) is 0 Å². The second-order valence-corrected chi connectivity index (χ2v) is 5.37. The van der Waals surface area contributed by atoms with E-state index >= 15 is 0 Å². The van der Waals surface area contributed by atoms with Gasteiger partial charge in [0.1, 0.15) is 5.78 Å². The summed E-state index contributed by atoms with van der Waals surface area (Å²) in [6.07, 6.45) is 2.06. The number of thiophene rings is 1. The van der Waals surface area contributed by atoms with Crippen LogP contribution in [0.2, 0.25) is 0 Å². The Morgan fingerprint density at radius 2 is 2.23 bits per heavy atom. The van der Waals surface area contributed by atoms with Crippen LogP contribution in [-0.4, -0.2) is 5.78 Å². The number of Topliss-reactive ketones (excluding diaryl/α,β-unsaturated/α-hetero) is 1. The zero-order valence-electron chi connectivity index (χ0n) is 7.69. The second-order valence-electron chi connectivity index (χ2n) is 3.70. The van der Waals surface area contributed by atoms with Crippen LogP contribution in [0, 0.1) is 6.92 Å². The van der Waals surface area contributed by atoms with Gasteiger partial charge in [-0.25, -0.2) is 0 Å². The molecular formula is C10H11BrOS. The molecule has 0 spiro atoms. The number of rotatable bonds is 2. The van der Waals surface area contributed by atoms with E-state index in [0.717, 1.165) is 17.3 Å². The molecule has 0 radical (unpaired) electrons. The van der Waals surface area contributed by atoms with Crippen molar-refractivity contribution in [1.29, 1.82) is 0 Å². The van der Waals surface area contributed by atoms with Gasteiger partial charge in [0.15, 0.2) is 0 Å². The molecule has 1 aliphatic rings. The quantitative estimate of drug-likeness (QED) is 0.795. The van der Waals surface area contributed by atoms with Crippen molar-refractivity contribution in [1.82, 2.24) is 0 Å². The topological polar surface area (TPSA) is 17.1 Å². The Bertz CT molecular complexity index is 363. The lowest BCUT2D eigenvalue weighted by atomic mass is 10.00. The van der Waals surface area contributed by atoms with Crippen molar-refractivity contribution >= 4 is 33.0 Å². The minimum atomic E-state index is -0.113. The Morgan fingerprint density at radius 1 is 1.62 bits per heavy atom. The summed E-state index contributed by atoms with van der Waals surface area (Å²) in [4.78, 5) is 12.7. The summed E-state index contributed by atoms with van der Waals surface area (Å²) in [5, 5.41) is 2.11. The molecule has 0 amide bonds. The molecule has 2 rings (SSSR count). The molecule has 70 valence electrons. The molecule has 1 fully saturated rings. The van der Waals surface area contributed by atoms with E-state index < -0.39 is 0 Å². The smallest absolute Gasteiger partial charge is 0.141 e. The van der Waals surface area contributed by atoms with Gasteiger partial charge in [-0.05, 0) is 53.6 Å². The Labute approximate surface area is 90.3 Å². The number of ketones is 1. The fourth-order valence-electron chi connectivity index (χ4n) is 1.62. The van der Waals surface area contributed by atoms with Gasteiger partial charge >= 0.3 is 0 Å². The van der Waals surface area contributed by atoms with E-state index in [1.165, 1.54) is 10.4 Å². The molecule has 0 aromatic carbocycles. The van der Waals surface area contributed by atoms with Crippen LogP contribution in [0.15, 0.2) is 9.85 Å². The summed E-state index contributed by atoms with van der Waals surface area (Å²) in [6, 6.07) is 0. The van der Waals surface area contributed by atoms with Crippen LogP contribution in [0.5, 0.6) is 0 Å². The molecule has 0 aliphatic heterocycles. The summed E-state index contributed by atoms with van der Waals surface area (Å²) >= 11 is 5.26. The maximum absolute atomic E-state index is 11.5. The van der Waals surface area contributed by atoms with Gasteiger partial charge in [-0.2, -0.15) is 0 Å². The highest BCUT2D eigenvalue weighted by Gasteiger charge is 2.50. The summed E-state index contributed by atoms with van der Waals surface area (Å²) < 4.78 is 1.14. The van der Waals surface area contributed by atoms with Gasteiger partial charge in [0.05, 0.1) is 5.41 Å². The molecule has 1 heterocycles. The van der Waals surface area contributed by atoms with E-state index in [1.807, 2.05) is 0 Å². The van der Waals surface area contributed by atoms with Crippen LogP contribution in [0.25, 0.3) is 0 Å². The molecule has 1 aliphatic carbocycles. The van der Waals surface area contributed by atoms with Crippen LogP contribution >= 0.6 is 27.3 Å². The van der Waals surface area contributed by atoms with E-state index in [9.17, 15) is 4.79 Å². The molecule has 0 atom stereocenters. The average Bonchev–Trinajstić information content (AvgIpc) is 2.80. The Kier molecular flexibility index (Phi) is 2.11. The molecule has 0 saturated heterocycles. The third kappa shape index (κ3) is 1.29. The summed E-state index contributed by atoms with van der Waals surface area (Å²) in [5.74, 6) is 0.315. The largest absolute Gasteiger partial charge is 0.299 e. The predicted molar refractivity (Wildman–Crippen MR) is 58.3 cm³/mol. The van der Waals surface area contributed by atoms with Crippen molar-refractivity contribution in [3.05, 3.63) is 20.3 Å². The number of aryl methyl sites for hydroxylation is 1. The molecule has 0 bridgehead atoms. The van der Waals surface area contributed by atoms with Crippen molar-refractivity contribution in [3.8, 4) is 0 Å². The SMILES string of the molecule is CC(=O)C1(c2scc(C)c2Br)CC1. The first-order valence-corrected chi connectivity index (χ1v) is 6.00. The monoisotopic (exact) mass is 258 g/mol. The van der Waals surface area contributed by atoms with E-state index in [1.54, 1.807) is 18.3 Å². The predicted octanol–water partition coefficient (Wildman–Crippen LogP) is 3.44. The molecule has 1 aromatic heterocycles. The van der Waals surface area contributed by atoms with Crippen LogP contribution in [0.1, 0.15) is 30.2 Å². The maximum Gasteiger partial charge on any atom is 0.141 e. The van der Waals surface area contributed by atoms with E-state index in [-0.39, 0.29) is 5.41 Å². The third-order valence-electron chi connectivity index (χ3n) is 2.76. The van der Waals surface area contributed by atoms with Gasteiger partial charge in [-0.3, -0.25) is 4.79 Å². The second kappa shape index (κ2) is 2.92. The van der Waals surface area contributed by atoms with Crippen molar-refractivity contribution in [3.63, 3.8) is 0 Å². The highest BCUT2D eigenvalue weighted by Crippen LogP contribution is 2.53. The number of hydrogen-bond donors (Lipinski definition) is 0. The van der Waals surface area contributed by atoms with Crippen molar-refractivity contribution in [2.45, 2.75) is 32.1 Å². The van der Waals surface area contributed by atoms with Gasteiger partial charge in [0.25, 0.3) is 0 Å². The molecule has 1 nitrogen and oxygen atoms in total. The lowest BCUT2D eigenvalue weighted by Crippen LogP contribution is -2.15. The number of carbonyl (C=O) groups excluding carboxylic acids is 1. The normalized spacial score (nSPS) is 18.7. The molecule has 0 unspecified atom stereocenters. The number of halogens is 1. The Hall–Kier alpha value is -0.150. The van der Waals surface area contributed by atoms with Gasteiger partial charge in [0.2, 0.25) is 0 Å². The molecular weight excluding hydrogens is 248 g/mol. The molecule has 1 aromatic rings. The summed E-state index contributed by atoms with van der Waals surface area (Å²) in [6.45, 7) is 3.77. The van der Waals surface area contributed by atoms with Crippen molar-refractivity contribution < 1.29 is 4.79 Å². The van der Waals surface area contributed by atoms with Crippen LogP contribution in [0.3, 0.4) is 0 Å². The van der Waals surface area contributed by atoms with Crippen molar-refractivity contribution in [2.24, 2.45) is 0 Å². The third-order valence-corrected chi connectivity index (χ3v) is 5.34. The molecule has 1 saturated carbocycles. The minimum Gasteiger partial charge on any atom is -0.299 e. The minimum absolute atomic E-state index is 0.113. The highest BCUT2D eigenvalue weighted by molar-refractivity contribution is 9.10. The molecule has 13 heavy (non-hydrogen) atoms. The van der Waals surface area contributed by atoms with Crippen molar-refractivity contribution in [2.75, 3.05) is 0 Å². The fraction of sp³-hybridized carbons (Fsp3) is 0.500. The zero-order chi connectivity index (χ0) is 9.64. The lowest BCUT2D eigenvalue weighted by Gasteiger charge is -2.09. The van der Waals surface area contributed by atoms with Crippen LogP contribution in [-0.2, 0) is 10.2 Å². The van der Waals surface area contributed by atoms with Gasteiger partial charge < -0.3 is 0 Å². The van der Waals surface area contributed by atoms with E-state index in [0.29, 0.717) is 5.78 Å². The van der Waals surface area contributed by atoms with Crippen LogP contribution in [0.4, 0.5) is 0 Å². The van der Waals surface area contributed by atoms with E-state index in [2.05, 4.69) is 28.2 Å². The van der Waals surface area contributed by atoms with Gasteiger partial charge in [0, 0.05) is 9.35 Å². The van der Waals surface area contributed by atoms with Gasteiger partial charge in [-0.1, -0.05) is 0 Å². The lowest BCUT2D eigenvalue weighted by molar-refractivity contribution is -0.119. The first-order valence-electron chi connectivity index (χ1n) is 4.33. The standard InChI is InChI=1S/C10H11BrOS/c1-6-5-13-9(8(6)11)10(3-4-10)7(2)12/h5H,3-4H2,1-2H3. The Morgan fingerprint density at radius 3 is 2.54 bits per heavy atom. The first-order chi connectivity index (χ1) is 6.08. The average molecular weight is 259 g/mol. The molecule has 0 N–H and O–H groups in total. The maximum atomic E-state index is 11.5.